The summed E-state index contributed by atoms with van der Waals surface area (Å²) in [6, 6.07) is 7.40. The molecule has 0 saturated heterocycles. The average molecular weight is 323 g/mol. The molecular weight excluding hydrogens is 308 g/mol. The first-order chi connectivity index (χ1) is 11.6. The number of aromatic nitrogens is 2. The molecule has 2 aromatic rings. The van der Waals surface area contributed by atoms with Crippen molar-refractivity contribution in [3.8, 4) is 0 Å². The smallest absolute Gasteiger partial charge is 0.242 e. The molecule has 2 N–H and O–H groups in total. The molecule has 1 aromatic carbocycles. The highest BCUT2D eigenvalue weighted by molar-refractivity contribution is 5.91. The molecule has 0 unspecified atom stereocenters. The van der Waals surface area contributed by atoms with Gasteiger partial charge in [-0.15, -0.1) is 0 Å². The molecular formula is C17H15N4O3-. The Morgan fingerprint density at radius 1 is 1.08 bits per heavy atom. The summed E-state index contributed by atoms with van der Waals surface area (Å²) in [7, 11) is 0. The van der Waals surface area contributed by atoms with Gasteiger partial charge in [0.2, 0.25) is 5.91 Å². The first kappa shape index (κ1) is 14.6. The Kier molecular flexibility index (Phi) is 3.41. The van der Waals surface area contributed by atoms with Crippen LogP contribution < -0.4 is 16.0 Å². The number of rotatable bonds is 4. The largest absolute Gasteiger partial charge is 0.550 e. The average Bonchev–Trinajstić information content (AvgIpc) is 3.20. The molecule has 0 aliphatic heterocycles. The number of carbonyl (C=O) groups excluding carboxylic acids is 2. The molecule has 122 valence electrons. The highest BCUT2D eigenvalue weighted by Gasteiger charge is 2.48. The number of amides is 1. The monoisotopic (exact) mass is 323 g/mol. The molecule has 1 saturated carbocycles. The molecule has 0 radical (unpaired) electrons. The van der Waals surface area contributed by atoms with Crippen LogP contribution in [0.15, 0.2) is 42.7 Å². The Bertz CT molecular complexity index is 845. The Hall–Kier alpha value is -2.96. The second-order valence-electron chi connectivity index (χ2n) is 6.17. The van der Waals surface area contributed by atoms with E-state index in [2.05, 4.69) is 20.8 Å². The van der Waals surface area contributed by atoms with Gasteiger partial charge in [0, 0.05) is 17.3 Å². The Labute approximate surface area is 137 Å². The number of carboxylic acid groups (broad SMARTS) is 1. The van der Waals surface area contributed by atoms with Crippen LogP contribution in [0.1, 0.15) is 6.42 Å². The number of anilines is 1. The molecule has 2 bridgehead atoms. The fourth-order valence-corrected chi connectivity index (χ4v) is 3.81. The SMILES string of the molecule is O=C([O-])[C@@H]1[C@@H](C(=O)NNc2ncnc3ccccc23)[C@H]2C=C[C@@H]1C2. The van der Waals surface area contributed by atoms with E-state index in [9.17, 15) is 14.7 Å². The number of hydrogen-bond acceptors (Lipinski definition) is 6. The molecule has 24 heavy (non-hydrogen) atoms. The lowest BCUT2D eigenvalue weighted by Gasteiger charge is -2.27. The van der Waals surface area contributed by atoms with E-state index in [4.69, 9.17) is 0 Å². The van der Waals surface area contributed by atoms with E-state index in [0.29, 0.717) is 12.2 Å². The molecule has 0 spiro atoms. The maximum Gasteiger partial charge on any atom is 0.242 e. The van der Waals surface area contributed by atoms with E-state index in [0.717, 1.165) is 10.9 Å². The number of carbonyl (C=O) groups is 2. The molecule has 1 aromatic heterocycles. The summed E-state index contributed by atoms with van der Waals surface area (Å²) in [5.41, 5.74) is 6.14. The number of fused-ring (bicyclic) bond motifs is 3. The summed E-state index contributed by atoms with van der Waals surface area (Å²) in [4.78, 5) is 32.2. The molecule has 2 aliphatic carbocycles. The third kappa shape index (κ3) is 2.29. The van der Waals surface area contributed by atoms with Gasteiger partial charge in [0.15, 0.2) is 5.82 Å². The van der Waals surface area contributed by atoms with Crippen LogP contribution >= 0.6 is 0 Å². The van der Waals surface area contributed by atoms with Gasteiger partial charge in [-0.1, -0.05) is 24.3 Å². The predicted octanol–water partition coefficient (Wildman–Crippen LogP) is 0.261. The van der Waals surface area contributed by atoms with Gasteiger partial charge in [0.1, 0.15) is 6.33 Å². The van der Waals surface area contributed by atoms with E-state index < -0.39 is 17.8 Å². The number of carboxylic acids is 1. The van der Waals surface area contributed by atoms with Crippen molar-refractivity contribution in [2.24, 2.45) is 23.7 Å². The number of hydrazine groups is 1. The van der Waals surface area contributed by atoms with Crippen molar-refractivity contribution < 1.29 is 14.7 Å². The Morgan fingerprint density at radius 3 is 2.62 bits per heavy atom. The lowest BCUT2D eigenvalue weighted by atomic mass is 9.82. The van der Waals surface area contributed by atoms with Crippen LogP contribution in [0.4, 0.5) is 5.82 Å². The maximum atomic E-state index is 12.5. The number of allylic oxidation sites excluding steroid dienone is 2. The second-order valence-corrected chi connectivity index (χ2v) is 6.17. The van der Waals surface area contributed by atoms with Crippen LogP contribution in [0.25, 0.3) is 10.9 Å². The van der Waals surface area contributed by atoms with Crippen molar-refractivity contribution in [3.05, 3.63) is 42.7 Å². The fourth-order valence-electron chi connectivity index (χ4n) is 3.81. The van der Waals surface area contributed by atoms with Gasteiger partial charge in [-0.25, -0.2) is 9.97 Å². The molecule has 4 rings (SSSR count). The topological polar surface area (TPSA) is 107 Å². The molecule has 1 amide bonds. The summed E-state index contributed by atoms with van der Waals surface area (Å²) in [5, 5.41) is 12.2. The summed E-state index contributed by atoms with van der Waals surface area (Å²) in [6.45, 7) is 0. The van der Waals surface area contributed by atoms with Gasteiger partial charge in [-0.2, -0.15) is 0 Å². The third-order valence-electron chi connectivity index (χ3n) is 4.88. The second kappa shape index (κ2) is 5.59. The van der Waals surface area contributed by atoms with E-state index in [-0.39, 0.29) is 17.7 Å². The first-order valence-electron chi connectivity index (χ1n) is 7.80. The third-order valence-corrected chi connectivity index (χ3v) is 4.88. The van der Waals surface area contributed by atoms with Crippen molar-refractivity contribution in [1.82, 2.24) is 15.4 Å². The van der Waals surface area contributed by atoms with Crippen molar-refractivity contribution >= 4 is 28.6 Å². The zero-order valence-corrected chi connectivity index (χ0v) is 12.7. The van der Waals surface area contributed by atoms with Gasteiger partial charge in [0.25, 0.3) is 0 Å². The van der Waals surface area contributed by atoms with Gasteiger partial charge < -0.3 is 9.90 Å². The molecule has 4 atom stereocenters. The molecule has 1 fully saturated rings. The number of nitrogens with one attached hydrogen (secondary N) is 2. The minimum absolute atomic E-state index is 0.0538. The van der Waals surface area contributed by atoms with Crippen LogP contribution in [0.3, 0.4) is 0 Å². The number of aliphatic carboxylic acids is 1. The van der Waals surface area contributed by atoms with Crippen LogP contribution in [0.5, 0.6) is 0 Å². The molecule has 1 heterocycles. The van der Waals surface area contributed by atoms with Crippen LogP contribution in [-0.2, 0) is 9.59 Å². The van der Waals surface area contributed by atoms with Crippen molar-refractivity contribution in [1.29, 1.82) is 0 Å². The van der Waals surface area contributed by atoms with Crippen LogP contribution in [-0.4, -0.2) is 21.8 Å². The number of nitrogens with zero attached hydrogens (tertiary/aromatic N) is 2. The highest BCUT2D eigenvalue weighted by Crippen LogP contribution is 2.47. The molecule has 7 nitrogen and oxygen atoms in total. The van der Waals surface area contributed by atoms with Gasteiger partial charge in [0.05, 0.1) is 11.4 Å². The molecule has 2 aliphatic rings. The zero-order valence-electron chi connectivity index (χ0n) is 12.7. The number of hydrogen-bond donors (Lipinski definition) is 2. The summed E-state index contributed by atoms with van der Waals surface area (Å²) < 4.78 is 0. The lowest BCUT2D eigenvalue weighted by molar-refractivity contribution is -0.313. The minimum Gasteiger partial charge on any atom is -0.550 e. The first-order valence-corrected chi connectivity index (χ1v) is 7.80. The van der Waals surface area contributed by atoms with Crippen molar-refractivity contribution in [2.45, 2.75) is 6.42 Å². The summed E-state index contributed by atoms with van der Waals surface area (Å²) in [6.07, 6.45) is 5.89. The van der Waals surface area contributed by atoms with Crippen LogP contribution in [0, 0.1) is 23.7 Å². The maximum absolute atomic E-state index is 12.5. The predicted molar refractivity (Wildman–Crippen MR) is 84.0 cm³/mol. The van der Waals surface area contributed by atoms with E-state index in [1.807, 2.05) is 36.4 Å². The van der Waals surface area contributed by atoms with Gasteiger partial charge >= 0.3 is 0 Å². The summed E-state index contributed by atoms with van der Waals surface area (Å²) >= 11 is 0. The normalized spacial score (nSPS) is 27.3. The fraction of sp³-hybridized carbons (Fsp3) is 0.294. The van der Waals surface area contributed by atoms with Gasteiger partial charge in [-0.3, -0.25) is 15.6 Å². The molecule has 7 heteroatoms. The van der Waals surface area contributed by atoms with Crippen LogP contribution in [0.2, 0.25) is 0 Å². The number of para-hydroxylation sites is 1. The van der Waals surface area contributed by atoms with Crippen molar-refractivity contribution in [2.75, 3.05) is 5.43 Å². The minimum atomic E-state index is -1.17. The lowest BCUT2D eigenvalue weighted by Crippen LogP contribution is -2.46. The highest BCUT2D eigenvalue weighted by atomic mass is 16.4. The van der Waals surface area contributed by atoms with Gasteiger partial charge in [-0.05, 0) is 30.4 Å². The van der Waals surface area contributed by atoms with E-state index in [1.165, 1.54) is 6.33 Å². The van der Waals surface area contributed by atoms with E-state index in [1.54, 1.807) is 0 Å². The standard InChI is InChI=1S/C17H16N4O3/c22-16(13-9-5-6-10(7-9)14(13)17(23)24)21-20-15-11-3-1-2-4-12(11)18-8-19-15/h1-6,8-10,13-14H,7H2,(H,21,22)(H,23,24)(H,18,19,20)/p-1/t9-,10+,13-,14-/m0/s1. The quantitative estimate of drug-likeness (QED) is 0.617. The zero-order chi connectivity index (χ0) is 16.7. The summed E-state index contributed by atoms with van der Waals surface area (Å²) in [5.74, 6) is -2.62. The Balaban J connectivity index is 1.52. The van der Waals surface area contributed by atoms with E-state index >= 15 is 0 Å². The number of benzene rings is 1. The Morgan fingerprint density at radius 2 is 1.83 bits per heavy atom. The van der Waals surface area contributed by atoms with Crippen molar-refractivity contribution in [3.63, 3.8) is 0 Å².